The molecule has 0 spiro atoms. The van der Waals surface area contributed by atoms with Crippen LogP contribution in [-0.4, -0.2) is 43.5 Å². The van der Waals surface area contributed by atoms with Gasteiger partial charge in [-0.3, -0.25) is 0 Å². The standard InChI is InChI=1S/C17H18BrNO3Se/c1-17(2,3)22-16(21)19-12-9-11(15(19)20)13(18)14(12)23-10-7-5-4-6-8-10/h4-8,11-12H,9H2,1-3H3/t11-,12+/m0/s1. The van der Waals surface area contributed by atoms with E-state index in [0.29, 0.717) is 6.42 Å². The summed E-state index contributed by atoms with van der Waals surface area (Å²) < 4.78 is 8.78. The number of carbonyl (C=O) groups is 2. The molecule has 2 atom stereocenters. The van der Waals surface area contributed by atoms with Crippen LogP contribution in [0.1, 0.15) is 27.2 Å². The number of ether oxygens (including phenoxy) is 1. The quantitative estimate of drug-likeness (QED) is 0.661. The zero-order chi connectivity index (χ0) is 16.8. The monoisotopic (exact) mass is 443 g/mol. The van der Waals surface area contributed by atoms with Crippen molar-refractivity contribution in [3.8, 4) is 0 Å². The van der Waals surface area contributed by atoms with Gasteiger partial charge in [0.1, 0.15) is 0 Å². The molecule has 1 aromatic carbocycles. The topological polar surface area (TPSA) is 46.6 Å². The zero-order valence-electron chi connectivity index (χ0n) is 13.2. The molecule has 0 N–H and O–H groups in total. The van der Waals surface area contributed by atoms with Crippen molar-refractivity contribution in [1.29, 1.82) is 0 Å². The molecule has 0 saturated carbocycles. The minimum atomic E-state index is -0.606. The van der Waals surface area contributed by atoms with Crippen LogP contribution >= 0.6 is 15.9 Å². The van der Waals surface area contributed by atoms with E-state index in [0.717, 1.165) is 4.48 Å². The van der Waals surface area contributed by atoms with E-state index in [1.54, 1.807) is 0 Å². The molecule has 3 rings (SSSR count). The number of rotatable bonds is 2. The van der Waals surface area contributed by atoms with Crippen LogP contribution in [0.4, 0.5) is 4.79 Å². The predicted octanol–water partition coefficient (Wildman–Crippen LogP) is 2.79. The molecular weight excluding hydrogens is 425 g/mol. The summed E-state index contributed by atoms with van der Waals surface area (Å²) in [7, 11) is 0. The van der Waals surface area contributed by atoms with Crippen LogP contribution in [0.15, 0.2) is 39.3 Å². The van der Waals surface area contributed by atoms with Crippen molar-refractivity contribution in [3.05, 3.63) is 39.3 Å². The van der Waals surface area contributed by atoms with Crippen LogP contribution in [0, 0.1) is 5.92 Å². The summed E-state index contributed by atoms with van der Waals surface area (Å²) in [6.07, 6.45) is 0.138. The maximum atomic E-state index is 12.5. The Hall–Kier alpha value is -1.10. The molecule has 0 radical (unpaired) electrons. The molecule has 1 aromatic rings. The van der Waals surface area contributed by atoms with Crippen LogP contribution in [0.2, 0.25) is 0 Å². The van der Waals surface area contributed by atoms with Gasteiger partial charge in [-0.05, 0) is 0 Å². The number of fused-ring (bicyclic) bond motifs is 2. The number of hydrogen-bond donors (Lipinski definition) is 0. The van der Waals surface area contributed by atoms with Crippen molar-refractivity contribution in [2.75, 3.05) is 0 Å². The molecule has 2 bridgehead atoms. The van der Waals surface area contributed by atoms with Crippen LogP contribution < -0.4 is 4.46 Å². The second-order valence-corrected chi connectivity index (χ2v) is 9.81. The first-order chi connectivity index (χ1) is 10.8. The molecule has 23 heavy (non-hydrogen) atoms. The fourth-order valence-corrected chi connectivity index (χ4v) is 6.21. The Morgan fingerprint density at radius 3 is 2.52 bits per heavy atom. The van der Waals surface area contributed by atoms with E-state index in [2.05, 4.69) is 28.1 Å². The van der Waals surface area contributed by atoms with Gasteiger partial charge in [0.05, 0.1) is 0 Å². The van der Waals surface area contributed by atoms with Crippen molar-refractivity contribution in [2.45, 2.75) is 38.8 Å². The first-order valence-electron chi connectivity index (χ1n) is 7.46. The van der Waals surface area contributed by atoms with Gasteiger partial charge in [-0.1, -0.05) is 0 Å². The van der Waals surface area contributed by atoms with Crippen LogP contribution in [0.5, 0.6) is 0 Å². The van der Waals surface area contributed by atoms with Crippen molar-refractivity contribution < 1.29 is 14.3 Å². The number of carbonyl (C=O) groups excluding carboxylic acids is 2. The summed E-state index contributed by atoms with van der Waals surface area (Å²) in [5.74, 6) is -0.378. The molecule has 2 aliphatic rings. The summed E-state index contributed by atoms with van der Waals surface area (Å²) in [5, 5.41) is 0. The van der Waals surface area contributed by atoms with Gasteiger partial charge < -0.3 is 0 Å². The minimum absolute atomic E-state index is 0.0838. The number of imide groups is 1. The second kappa shape index (κ2) is 6.08. The third-order valence-electron chi connectivity index (χ3n) is 3.71. The van der Waals surface area contributed by atoms with Crippen LogP contribution in [0.25, 0.3) is 0 Å². The second-order valence-electron chi connectivity index (χ2n) is 6.62. The molecule has 1 fully saturated rings. The normalized spacial score (nSPS) is 23.7. The summed E-state index contributed by atoms with van der Waals surface area (Å²) in [5.41, 5.74) is -0.606. The number of amides is 2. The molecule has 1 heterocycles. The average Bonchev–Trinajstić information content (AvgIpc) is 2.94. The molecule has 1 aliphatic heterocycles. The van der Waals surface area contributed by atoms with Crippen molar-refractivity contribution in [3.63, 3.8) is 0 Å². The fraction of sp³-hybridized carbons (Fsp3) is 0.412. The van der Waals surface area contributed by atoms with E-state index >= 15 is 0 Å². The van der Waals surface area contributed by atoms with E-state index in [-0.39, 0.29) is 32.8 Å². The third-order valence-corrected chi connectivity index (χ3v) is 7.84. The third kappa shape index (κ3) is 3.25. The Morgan fingerprint density at radius 1 is 1.30 bits per heavy atom. The van der Waals surface area contributed by atoms with Gasteiger partial charge in [0.15, 0.2) is 0 Å². The Balaban J connectivity index is 1.84. The van der Waals surface area contributed by atoms with E-state index in [1.807, 2.05) is 39.0 Å². The van der Waals surface area contributed by atoms with E-state index in [9.17, 15) is 9.59 Å². The summed E-state index contributed by atoms with van der Waals surface area (Å²) in [4.78, 5) is 26.2. The first kappa shape index (κ1) is 16.7. The summed E-state index contributed by atoms with van der Waals surface area (Å²) in [6, 6.07) is 10.0. The zero-order valence-corrected chi connectivity index (χ0v) is 16.5. The maximum absolute atomic E-state index is 12.5. The molecule has 1 saturated heterocycles. The SMILES string of the molecule is CC(C)(C)OC(=O)N1C(=O)[C@H]2C[C@@H]1C([Se]c1ccccc1)=C2Br. The molecule has 0 unspecified atom stereocenters. The van der Waals surface area contributed by atoms with Gasteiger partial charge >= 0.3 is 151 Å². The average molecular weight is 443 g/mol. The van der Waals surface area contributed by atoms with Gasteiger partial charge in [0.25, 0.3) is 0 Å². The van der Waals surface area contributed by atoms with E-state index in [4.69, 9.17) is 4.74 Å². The fourth-order valence-electron chi connectivity index (χ4n) is 2.78. The molecule has 0 aromatic heterocycles. The van der Waals surface area contributed by atoms with Crippen molar-refractivity contribution in [2.24, 2.45) is 5.92 Å². The Kier molecular flexibility index (Phi) is 4.43. The Labute approximate surface area is 150 Å². The molecular formula is C17H18BrNO3Se. The first-order valence-corrected chi connectivity index (χ1v) is 9.97. The predicted molar refractivity (Wildman–Crippen MR) is 92.8 cm³/mol. The molecule has 6 heteroatoms. The van der Waals surface area contributed by atoms with Crippen molar-refractivity contribution >= 4 is 47.3 Å². The van der Waals surface area contributed by atoms with Gasteiger partial charge in [-0.25, -0.2) is 0 Å². The molecule has 2 amide bonds. The summed E-state index contributed by atoms with van der Waals surface area (Å²) in [6.45, 7) is 5.43. The number of nitrogens with zero attached hydrogens (tertiary/aromatic N) is 1. The molecule has 1 aliphatic carbocycles. The van der Waals surface area contributed by atoms with Gasteiger partial charge in [-0.2, -0.15) is 0 Å². The van der Waals surface area contributed by atoms with Crippen LogP contribution in [-0.2, 0) is 9.53 Å². The number of likely N-dealkylation sites (tertiary alicyclic amines) is 1. The summed E-state index contributed by atoms with van der Waals surface area (Å²) >= 11 is 3.68. The van der Waals surface area contributed by atoms with Crippen molar-refractivity contribution in [1.82, 2.24) is 4.90 Å². The number of benzene rings is 1. The molecule has 4 nitrogen and oxygen atoms in total. The number of hydrogen-bond acceptors (Lipinski definition) is 3. The Morgan fingerprint density at radius 2 is 1.96 bits per heavy atom. The van der Waals surface area contributed by atoms with Crippen LogP contribution in [0.3, 0.4) is 0 Å². The van der Waals surface area contributed by atoms with Gasteiger partial charge in [0.2, 0.25) is 0 Å². The van der Waals surface area contributed by atoms with E-state index in [1.165, 1.54) is 13.8 Å². The van der Waals surface area contributed by atoms with Gasteiger partial charge in [0, 0.05) is 0 Å². The Bertz CT molecular complexity index is 681. The number of halogens is 1. The van der Waals surface area contributed by atoms with E-state index < -0.39 is 11.7 Å². The molecule has 122 valence electrons. The van der Waals surface area contributed by atoms with Gasteiger partial charge in [-0.15, -0.1) is 0 Å².